The van der Waals surface area contributed by atoms with Gasteiger partial charge in [0, 0.05) is 24.5 Å². The lowest BCUT2D eigenvalue weighted by Gasteiger charge is -2.08. The van der Waals surface area contributed by atoms with Crippen LogP contribution in [0.1, 0.15) is 12.0 Å². The molecule has 0 amide bonds. The van der Waals surface area contributed by atoms with E-state index in [-0.39, 0.29) is 0 Å². The SMILES string of the molecule is c1ccc(CCCn2cncc2-c2ccncc2)cc1. The molecule has 0 saturated carbocycles. The Labute approximate surface area is 118 Å². The van der Waals surface area contributed by atoms with E-state index in [1.165, 1.54) is 5.56 Å². The van der Waals surface area contributed by atoms with Crippen molar-refractivity contribution in [2.45, 2.75) is 19.4 Å². The summed E-state index contributed by atoms with van der Waals surface area (Å²) in [5.41, 5.74) is 3.70. The van der Waals surface area contributed by atoms with Gasteiger partial charge in [0.25, 0.3) is 0 Å². The van der Waals surface area contributed by atoms with Crippen LogP contribution in [-0.4, -0.2) is 14.5 Å². The third-order valence-corrected chi connectivity index (χ3v) is 3.40. The molecular weight excluding hydrogens is 246 g/mol. The summed E-state index contributed by atoms with van der Waals surface area (Å²) < 4.78 is 2.21. The second-order valence-corrected chi connectivity index (χ2v) is 4.80. The Morgan fingerprint density at radius 2 is 1.70 bits per heavy atom. The first-order chi connectivity index (χ1) is 9.93. The van der Waals surface area contributed by atoms with Gasteiger partial charge in [-0.3, -0.25) is 4.98 Å². The van der Waals surface area contributed by atoms with Crippen molar-refractivity contribution in [2.75, 3.05) is 0 Å². The van der Waals surface area contributed by atoms with Gasteiger partial charge in [-0.15, -0.1) is 0 Å². The Bertz CT molecular complexity index is 644. The third-order valence-electron chi connectivity index (χ3n) is 3.40. The fourth-order valence-electron chi connectivity index (χ4n) is 2.36. The van der Waals surface area contributed by atoms with E-state index in [1.54, 1.807) is 0 Å². The van der Waals surface area contributed by atoms with Crippen LogP contribution in [0, 0.1) is 0 Å². The van der Waals surface area contributed by atoms with Gasteiger partial charge in [-0.05, 0) is 30.5 Å². The summed E-state index contributed by atoms with van der Waals surface area (Å²) in [6.07, 6.45) is 9.65. The fraction of sp³-hybridized carbons (Fsp3) is 0.176. The van der Waals surface area contributed by atoms with Gasteiger partial charge in [0.1, 0.15) is 0 Å². The first-order valence-electron chi connectivity index (χ1n) is 6.88. The maximum Gasteiger partial charge on any atom is 0.0950 e. The molecule has 3 rings (SSSR count). The normalized spacial score (nSPS) is 10.6. The van der Waals surface area contributed by atoms with E-state index in [4.69, 9.17) is 0 Å². The highest BCUT2D eigenvalue weighted by Crippen LogP contribution is 2.18. The smallest absolute Gasteiger partial charge is 0.0950 e. The molecule has 2 heterocycles. The number of aryl methyl sites for hydroxylation is 2. The average Bonchev–Trinajstić information content (AvgIpc) is 2.98. The minimum atomic E-state index is 0.979. The van der Waals surface area contributed by atoms with Gasteiger partial charge >= 0.3 is 0 Å². The van der Waals surface area contributed by atoms with Crippen molar-refractivity contribution in [2.24, 2.45) is 0 Å². The molecule has 3 aromatic rings. The topological polar surface area (TPSA) is 30.7 Å². The van der Waals surface area contributed by atoms with Crippen molar-refractivity contribution in [1.82, 2.24) is 14.5 Å². The summed E-state index contributed by atoms with van der Waals surface area (Å²) in [6.45, 7) is 0.979. The molecule has 0 spiro atoms. The van der Waals surface area contributed by atoms with E-state index in [0.717, 1.165) is 30.6 Å². The average molecular weight is 263 g/mol. The number of benzene rings is 1. The largest absolute Gasteiger partial charge is 0.331 e. The lowest BCUT2D eigenvalue weighted by molar-refractivity contribution is 0.646. The lowest BCUT2D eigenvalue weighted by atomic mass is 10.1. The highest BCUT2D eigenvalue weighted by atomic mass is 15.0. The summed E-state index contributed by atoms with van der Waals surface area (Å²) in [7, 11) is 0. The highest BCUT2D eigenvalue weighted by molar-refractivity contribution is 5.57. The molecule has 0 atom stereocenters. The summed E-state index contributed by atoms with van der Waals surface area (Å²) in [6, 6.07) is 14.6. The minimum Gasteiger partial charge on any atom is -0.331 e. The standard InChI is InChI=1S/C17H17N3/c1-2-5-15(6-3-1)7-4-12-20-14-19-13-17(20)16-8-10-18-11-9-16/h1-3,5-6,8-11,13-14H,4,7,12H2. The zero-order chi connectivity index (χ0) is 13.6. The van der Waals surface area contributed by atoms with Gasteiger partial charge < -0.3 is 4.57 Å². The molecule has 0 aliphatic carbocycles. The number of hydrogen-bond donors (Lipinski definition) is 0. The molecule has 0 saturated heterocycles. The highest BCUT2D eigenvalue weighted by Gasteiger charge is 2.04. The van der Waals surface area contributed by atoms with Crippen LogP contribution >= 0.6 is 0 Å². The van der Waals surface area contributed by atoms with Crippen LogP contribution in [0.4, 0.5) is 0 Å². The fourth-order valence-corrected chi connectivity index (χ4v) is 2.36. The molecule has 0 unspecified atom stereocenters. The zero-order valence-electron chi connectivity index (χ0n) is 11.3. The number of aromatic nitrogens is 3. The van der Waals surface area contributed by atoms with Crippen LogP contribution in [0.15, 0.2) is 67.4 Å². The summed E-state index contributed by atoms with van der Waals surface area (Å²) in [5, 5.41) is 0. The van der Waals surface area contributed by atoms with E-state index in [9.17, 15) is 0 Å². The van der Waals surface area contributed by atoms with E-state index in [0.29, 0.717) is 0 Å². The van der Waals surface area contributed by atoms with Crippen LogP contribution in [-0.2, 0) is 13.0 Å². The Morgan fingerprint density at radius 1 is 0.900 bits per heavy atom. The number of hydrogen-bond acceptors (Lipinski definition) is 2. The minimum absolute atomic E-state index is 0.979. The van der Waals surface area contributed by atoms with E-state index < -0.39 is 0 Å². The van der Waals surface area contributed by atoms with Crippen molar-refractivity contribution in [1.29, 1.82) is 0 Å². The van der Waals surface area contributed by atoms with Gasteiger partial charge in [0.15, 0.2) is 0 Å². The first-order valence-corrected chi connectivity index (χ1v) is 6.88. The van der Waals surface area contributed by atoms with Crippen molar-refractivity contribution in [3.05, 3.63) is 72.9 Å². The second kappa shape index (κ2) is 6.15. The van der Waals surface area contributed by atoms with Crippen molar-refractivity contribution in [3.63, 3.8) is 0 Å². The van der Waals surface area contributed by atoms with Crippen molar-refractivity contribution < 1.29 is 0 Å². The van der Waals surface area contributed by atoms with Gasteiger partial charge in [0.2, 0.25) is 0 Å². The van der Waals surface area contributed by atoms with Crippen LogP contribution in [0.3, 0.4) is 0 Å². The molecule has 2 aromatic heterocycles. The van der Waals surface area contributed by atoms with Crippen molar-refractivity contribution in [3.8, 4) is 11.3 Å². The molecule has 3 nitrogen and oxygen atoms in total. The predicted molar refractivity (Wildman–Crippen MR) is 80.2 cm³/mol. The summed E-state index contributed by atoms with van der Waals surface area (Å²) in [4.78, 5) is 8.32. The van der Waals surface area contributed by atoms with E-state index in [1.807, 2.05) is 37.1 Å². The third kappa shape index (κ3) is 2.94. The van der Waals surface area contributed by atoms with Crippen LogP contribution in [0.25, 0.3) is 11.3 Å². The molecule has 0 aliphatic heterocycles. The molecule has 20 heavy (non-hydrogen) atoms. The van der Waals surface area contributed by atoms with Gasteiger partial charge in [-0.25, -0.2) is 4.98 Å². The van der Waals surface area contributed by atoms with Gasteiger partial charge in [-0.2, -0.15) is 0 Å². The number of nitrogens with zero attached hydrogens (tertiary/aromatic N) is 3. The van der Waals surface area contributed by atoms with Gasteiger partial charge in [-0.1, -0.05) is 30.3 Å². The molecule has 0 fully saturated rings. The number of imidazole rings is 1. The quantitative estimate of drug-likeness (QED) is 0.704. The maximum absolute atomic E-state index is 4.27. The van der Waals surface area contributed by atoms with Crippen LogP contribution < -0.4 is 0 Å². The molecule has 0 N–H and O–H groups in total. The lowest BCUT2D eigenvalue weighted by Crippen LogP contribution is -2.00. The van der Waals surface area contributed by atoms with Gasteiger partial charge in [0.05, 0.1) is 18.2 Å². The zero-order valence-corrected chi connectivity index (χ0v) is 11.3. The number of rotatable bonds is 5. The Hall–Kier alpha value is -2.42. The molecule has 0 bridgehead atoms. The van der Waals surface area contributed by atoms with Crippen molar-refractivity contribution >= 4 is 0 Å². The number of pyridine rings is 1. The predicted octanol–water partition coefficient (Wildman–Crippen LogP) is 3.58. The van der Waals surface area contributed by atoms with E-state index >= 15 is 0 Å². The monoisotopic (exact) mass is 263 g/mol. The first kappa shape index (κ1) is 12.6. The van der Waals surface area contributed by atoms with E-state index in [2.05, 4.69) is 44.9 Å². The molecular formula is C17H17N3. The van der Waals surface area contributed by atoms with Crippen LogP contribution in [0.2, 0.25) is 0 Å². The molecule has 1 aromatic carbocycles. The molecule has 100 valence electrons. The Morgan fingerprint density at radius 3 is 2.50 bits per heavy atom. The Kier molecular flexibility index (Phi) is 3.88. The molecule has 0 aliphatic rings. The summed E-state index contributed by atoms with van der Waals surface area (Å²) >= 11 is 0. The maximum atomic E-state index is 4.27. The Balaban J connectivity index is 1.66. The molecule has 0 radical (unpaired) electrons. The molecule has 3 heteroatoms. The second-order valence-electron chi connectivity index (χ2n) is 4.80. The van der Waals surface area contributed by atoms with Crippen LogP contribution in [0.5, 0.6) is 0 Å². The summed E-state index contributed by atoms with van der Waals surface area (Å²) in [5.74, 6) is 0.